The van der Waals surface area contributed by atoms with E-state index >= 15 is 0 Å². The molecule has 0 aliphatic carbocycles. The van der Waals surface area contributed by atoms with Gasteiger partial charge in [0.25, 0.3) is 0 Å². The topological polar surface area (TPSA) is 52.2 Å². The van der Waals surface area contributed by atoms with Crippen molar-refractivity contribution in [3.8, 4) is 0 Å². The Morgan fingerprint density at radius 3 is 2.84 bits per heavy atom. The van der Waals surface area contributed by atoms with Gasteiger partial charge in [-0.3, -0.25) is 0 Å². The quantitative estimate of drug-likeness (QED) is 0.207. The molecule has 3 rings (SSSR count). The number of fused-ring (bicyclic) bond motifs is 1. The number of aromatic nitrogens is 1. The summed E-state index contributed by atoms with van der Waals surface area (Å²) in [6, 6.07) is 12.7. The Kier molecular flexibility index (Phi) is 8.27. The van der Waals surface area contributed by atoms with E-state index in [9.17, 15) is 0 Å². The van der Waals surface area contributed by atoms with Crippen molar-refractivity contribution in [2.45, 2.75) is 26.3 Å². The van der Waals surface area contributed by atoms with Crippen molar-refractivity contribution in [2.24, 2.45) is 4.99 Å². The summed E-state index contributed by atoms with van der Waals surface area (Å²) in [5, 5.41) is 10.2. The molecule has 2 aromatic heterocycles. The van der Waals surface area contributed by atoms with Crippen LogP contribution < -0.4 is 10.6 Å². The molecule has 3 aromatic rings. The van der Waals surface area contributed by atoms with Crippen molar-refractivity contribution in [1.82, 2.24) is 15.6 Å². The van der Waals surface area contributed by atoms with Crippen LogP contribution >= 0.6 is 35.3 Å². The van der Waals surface area contributed by atoms with Gasteiger partial charge < -0.3 is 15.6 Å². The largest absolute Gasteiger partial charge is 0.361 e. The third-order valence-electron chi connectivity index (χ3n) is 3.91. The molecular formula is C19H25IN4S. The average Bonchev–Trinajstić information content (AvgIpc) is 3.26. The van der Waals surface area contributed by atoms with Crippen LogP contribution in [0.2, 0.25) is 0 Å². The molecule has 0 fully saturated rings. The van der Waals surface area contributed by atoms with E-state index in [2.05, 4.69) is 75.5 Å². The Labute approximate surface area is 170 Å². The van der Waals surface area contributed by atoms with Crippen molar-refractivity contribution in [3.05, 3.63) is 58.4 Å². The van der Waals surface area contributed by atoms with Crippen LogP contribution in [0.3, 0.4) is 0 Å². The van der Waals surface area contributed by atoms with Crippen molar-refractivity contribution >= 4 is 52.2 Å². The minimum atomic E-state index is 0. The number of halogens is 1. The Balaban J connectivity index is 0.00000225. The molecule has 3 N–H and O–H groups in total. The van der Waals surface area contributed by atoms with Crippen LogP contribution in [0.25, 0.3) is 10.9 Å². The Bertz CT molecular complexity index is 780. The van der Waals surface area contributed by atoms with Crippen molar-refractivity contribution in [1.29, 1.82) is 0 Å². The fraction of sp³-hybridized carbons (Fsp3) is 0.316. The molecule has 0 aliphatic rings. The highest BCUT2D eigenvalue weighted by Crippen LogP contribution is 2.18. The fourth-order valence-corrected chi connectivity index (χ4v) is 3.35. The molecule has 4 nitrogen and oxygen atoms in total. The molecule has 0 amide bonds. The Morgan fingerprint density at radius 2 is 2.04 bits per heavy atom. The summed E-state index contributed by atoms with van der Waals surface area (Å²) < 4.78 is 0. The molecular weight excluding hydrogens is 443 g/mol. The van der Waals surface area contributed by atoms with E-state index in [1.807, 2.05) is 0 Å². The Hall–Kier alpha value is -1.54. The number of H-pyrrole nitrogens is 1. The average molecular weight is 468 g/mol. The zero-order valence-electron chi connectivity index (χ0n) is 14.4. The first kappa shape index (κ1) is 19.8. The number of hydrogen-bond donors (Lipinski definition) is 3. The number of thiophene rings is 1. The van der Waals surface area contributed by atoms with Crippen molar-refractivity contribution in [3.63, 3.8) is 0 Å². The fourth-order valence-electron chi connectivity index (χ4n) is 2.73. The first-order valence-corrected chi connectivity index (χ1v) is 9.34. The zero-order chi connectivity index (χ0) is 16.6. The standard InChI is InChI=1S/C19H24N4S.HI/c1-2-20-19(23-14-16-8-6-12-24-16)21-11-5-7-15-13-22-18-10-4-3-9-17(15)18;/h3-4,6,8-10,12-13,22H,2,5,7,11,14H2,1H3,(H2,20,21,23);1H. The Morgan fingerprint density at radius 1 is 1.16 bits per heavy atom. The lowest BCUT2D eigenvalue weighted by atomic mass is 10.1. The molecule has 1 aromatic carbocycles. The van der Waals surface area contributed by atoms with Crippen LogP contribution in [0.5, 0.6) is 0 Å². The number of hydrogen-bond acceptors (Lipinski definition) is 2. The molecule has 0 atom stereocenters. The maximum Gasteiger partial charge on any atom is 0.191 e. The molecule has 2 heterocycles. The lowest BCUT2D eigenvalue weighted by Crippen LogP contribution is -2.37. The minimum Gasteiger partial charge on any atom is -0.361 e. The lowest BCUT2D eigenvalue weighted by molar-refractivity contribution is 0.746. The first-order chi connectivity index (χ1) is 11.9. The van der Waals surface area contributed by atoms with Crippen LogP contribution in [-0.2, 0) is 13.0 Å². The van der Waals surface area contributed by atoms with Gasteiger partial charge in [-0.25, -0.2) is 4.99 Å². The molecule has 25 heavy (non-hydrogen) atoms. The van der Waals surface area contributed by atoms with Crippen LogP contribution in [0.15, 0.2) is 53.0 Å². The molecule has 0 spiro atoms. The number of nitrogens with one attached hydrogen (secondary N) is 3. The van der Waals surface area contributed by atoms with E-state index in [0.717, 1.165) is 38.4 Å². The number of aromatic amines is 1. The normalized spacial score (nSPS) is 11.3. The molecule has 0 radical (unpaired) electrons. The SMILES string of the molecule is CCNC(=NCc1cccs1)NCCCc1c[nH]c2ccccc12.I. The van der Waals surface area contributed by atoms with E-state index in [0.29, 0.717) is 0 Å². The van der Waals surface area contributed by atoms with Crippen molar-refractivity contribution < 1.29 is 0 Å². The summed E-state index contributed by atoms with van der Waals surface area (Å²) in [6.07, 6.45) is 4.26. The van der Waals surface area contributed by atoms with Gasteiger partial charge in [-0.1, -0.05) is 24.3 Å². The molecule has 0 saturated heterocycles. The number of benzene rings is 1. The van der Waals surface area contributed by atoms with Crippen molar-refractivity contribution in [2.75, 3.05) is 13.1 Å². The first-order valence-electron chi connectivity index (χ1n) is 8.46. The van der Waals surface area contributed by atoms with Gasteiger partial charge in [0.2, 0.25) is 0 Å². The molecule has 6 heteroatoms. The van der Waals surface area contributed by atoms with E-state index in [-0.39, 0.29) is 24.0 Å². The summed E-state index contributed by atoms with van der Waals surface area (Å²) in [7, 11) is 0. The van der Waals surface area contributed by atoms with Crippen LogP contribution in [0.4, 0.5) is 0 Å². The van der Waals surface area contributed by atoms with E-state index < -0.39 is 0 Å². The van der Waals surface area contributed by atoms with Gasteiger partial charge in [-0.15, -0.1) is 35.3 Å². The smallest absolute Gasteiger partial charge is 0.191 e. The van der Waals surface area contributed by atoms with Gasteiger partial charge in [0.1, 0.15) is 0 Å². The van der Waals surface area contributed by atoms with Gasteiger partial charge in [-0.2, -0.15) is 0 Å². The molecule has 134 valence electrons. The second-order valence-electron chi connectivity index (χ2n) is 5.66. The third-order valence-corrected chi connectivity index (χ3v) is 4.77. The van der Waals surface area contributed by atoms with Crippen LogP contribution in [0.1, 0.15) is 23.8 Å². The van der Waals surface area contributed by atoms with Gasteiger partial charge in [0.05, 0.1) is 6.54 Å². The number of aliphatic imine (C=N–C) groups is 1. The number of para-hydroxylation sites is 1. The highest BCUT2D eigenvalue weighted by atomic mass is 127. The van der Waals surface area contributed by atoms with E-state index in [4.69, 9.17) is 0 Å². The minimum absolute atomic E-state index is 0. The summed E-state index contributed by atoms with van der Waals surface area (Å²) in [5.41, 5.74) is 2.60. The predicted octanol–water partition coefficient (Wildman–Crippen LogP) is 4.54. The number of nitrogens with zero attached hydrogens (tertiary/aromatic N) is 1. The maximum atomic E-state index is 4.64. The highest BCUT2D eigenvalue weighted by molar-refractivity contribution is 14.0. The van der Waals surface area contributed by atoms with Gasteiger partial charge in [0, 0.05) is 35.1 Å². The summed E-state index contributed by atoms with van der Waals surface area (Å²) in [4.78, 5) is 9.26. The summed E-state index contributed by atoms with van der Waals surface area (Å²) in [5.74, 6) is 0.893. The molecule has 0 unspecified atom stereocenters. The molecule has 0 bridgehead atoms. The summed E-state index contributed by atoms with van der Waals surface area (Å²) >= 11 is 1.74. The monoisotopic (exact) mass is 468 g/mol. The number of aryl methyl sites for hydroxylation is 1. The zero-order valence-corrected chi connectivity index (χ0v) is 17.6. The maximum absolute atomic E-state index is 4.64. The predicted molar refractivity (Wildman–Crippen MR) is 119 cm³/mol. The van der Waals surface area contributed by atoms with Crippen LogP contribution in [-0.4, -0.2) is 24.0 Å². The second kappa shape index (κ2) is 10.5. The summed E-state index contributed by atoms with van der Waals surface area (Å²) in [6.45, 7) is 4.61. The number of guanidine groups is 1. The second-order valence-corrected chi connectivity index (χ2v) is 6.70. The molecule has 0 aliphatic heterocycles. The lowest BCUT2D eigenvalue weighted by Gasteiger charge is -2.10. The third kappa shape index (κ3) is 5.74. The van der Waals surface area contributed by atoms with Gasteiger partial charge in [0.15, 0.2) is 5.96 Å². The van der Waals surface area contributed by atoms with Gasteiger partial charge in [-0.05, 0) is 42.8 Å². The van der Waals surface area contributed by atoms with E-state index in [1.165, 1.54) is 21.3 Å². The van der Waals surface area contributed by atoms with Crippen LogP contribution in [0, 0.1) is 0 Å². The highest BCUT2D eigenvalue weighted by Gasteiger charge is 2.03. The van der Waals surface area contributed by atoms with E-state index in [1.54, 1.807) is 11.3 Å². The molecule has 0 saturated carbocycles. The number of rotatable bonds is 7. The van der Waals surface area contributed by atoms with Gasteiger partial charge >= 0.3 is 0 Å².